The van der Waals surface area contributed by atoms with Crippen LogP contribution in [0, 0.1) is 17.8 Å². The van der Waals surface area contributed by atoms with Crippen LogP contribution < -0.4 is 10.6 Å². The third kappa shape index (κ3) is 5.21. The smallest absolute Gasteiger partial charge is 0.230 e. The van der Waals surface area contributed by atoms with E-state index in [-0.39, 0.29) is 23.8 Å². The number of carbonyl (C=O) groups is 1. The summed E-state index contributed by atoms with van der Waals surface area (Å²) >= 11 is 0. The molecule has 1 fully saturated rings. The number of nitrogens with two attached hydrogens (primary N) is 1. The zero-order valence-electron chi connectivity index (χ0n) is 17.6. The lowest BCUT2D eigenvalue weighted by Crippen LogP contribution is -2.45. The zero-order chi connectivity index (χ0) is 21.0. The van der Waals surface area contributed by atoms with Gasteiger partial charge in [0.2, 0.25) is 11.9 Å². The fourth-order valence-electron chi connectivity index (χ4n) is 3.77. The minimum atomic E-state index is -0.497. The van der Waals surface area contributed by atoms with Crippen molar-refractivity contribution in [2.24, 2.45) is 17.6 Å². The van der Waals surface area contributed by atoms with Gasteiger partial charge in [-0.3, -0.25) is 4.79 Å². The highest BCUT2D eigenvalue weighted by Gasteiger charge is 2.47. The van der Waals surface area contributed by atoms with Crippen LogP contribution in [0.2, 0.25) is 0 Å². The number of pyridine rings is 1. The van der Waals surface area contributed by atoms with Crippen molar-refractivity contribution >= 4 is 11.6 Å². The third-order valence-corrected chi connectivity index (χ3v) is 6.05. The Kier molecular flexibility index (Phi) is 7.01. The van der Waals surface area contributed by atoms with E-state index in [1.807, 2.05) is 17.0 Å². The summed E-state index contributed by atoms with van der Waals surface area (Å²) in [5.74, 6) is -0.293. The van der Waals surface area contributed by atoms with Crippen molar-refractivity contribution in [1.82, 2.24) is 4.98 Å². The zero-order valence-corrected chi connectivity index (χ0v) is 17.6. The van der Waals surface area contributed by atoms with Gasteiger partial charge in [0.25, 0.3) is 0 Å². The highest BCUT2D eigenvalue weighted by molar-refractivity contribution is 5.97. The molecule has 0 spiro atoms. The van der Waals surface area contributed by atoms with Crippen LogP contribution in [0.25, 0.3) is 0 Å². The highest BCUT2D eigenvalue weighted by atomic mass is 19.1. The average Bonchev–Trinajstić information content (AvgIpc) is 3.53. The van der Waals surface area contributed by atoms with Crippen molar-refractivity contribution in [3.63, 3.8) is 0 Å². The summed E-state index contributed by atoms with van der Waals surface area (Å²) in [5, 5.41) is 0. The van der Waals surface area contributed by atoms with Crippen LogP contribution in [0.4, 0.5) is 10.1 Å². The van der Waals surface area contributed by atoms with Crippen LogP contribution >= 0.6 is 0 Å². The van der Waals surface area contributed by atoms with E-state index in [4.69, 9.17) is 5.73 Å². The molecule has 2 aromatic rings. The fraction of sp³-hybridized carbons (Fsp3) is 0.500. The van der Waals surface area contributed by atoms with Gasteiger partial charge in [-0.15, -0.1) is 0 Å². The number of benzene rings is 1. The van der Waals surface area contributed by atoms with Crippen molar-refractivity contribution in [3.8, 4) is 0 Å². The molecule has 29 heavy (non-hydrogen) atoms. The summed E-state index contributed by atoms with van der Waals surface area (Å²) in [4.78, 5) is 19.2. The molecule has 0 aliphatic heterocycles. The molecule has 1 amide bonds. The number of hydrogen-bond donors (Lipinski definition) is 1. The largest absolute Gasteiger partial charge is 0.326 e. The maximum absolute atomic E-state index is 13.5. The van der Waals surface area contributed by atoms with Crippen molar-refractivity contribution in [2.75, 3.05) is 11.4 Å². The second-order valence-electron chi connectivity index (χ2n) is 8.25. The topological polar surface area (TPSA) is 59.2 Å². The van der Waals surface area contributed by atoms with Gasteiger partial charge in [0.05, 0.1) is 0 Å². The van der Waals surface area contributed by atoms with E-state index < -0.39 is 5.95 Å². The standard InChI is InChI=1S/C24H32FN3O/c1-4-7-17-10-12-18(13-11-17)28(15-21(26)16(3)5-2)24(29)20-14-19(20)22-8-6-9-23(25)27-22/h6,8-13,16,19-21H,4-5,7,14-15,26H2,1-3H3/t16-,19+,20+,21+/m0/s1. The molecular formula is C24H32FN3O. The number of amides is 1. The predicted octanol–water partition coefficient (Wildman–Crippen LogP) is 4.68. The average molecular weight is 398 g/mol. The summed E-state index contributed by atoms with van der Waals surface area (Å²) in [6.45, 7) is 6.88. The van der Waals surface area contributed by atoms with Gasteiger partial charge >= 0.3 is 0 Å². The van der Waals surface area contributed by atoms with E-state index in [0.717, 1.165) is 24.9 Å². The molecule has 1 aliphatic rings. The molecule has 4 nitrogen and oxygen atoms in total. The Labute approximate surface area is 173 Å². The number of aryl methyl sites for hydroxylation is 1. The van der Waals surface area contributed by atoms with Gasteiger partial charge in [-0.1, -0.05) is 51.8 Å². The lowest BCUT2D eigenvalue weighted by atomic mass is 9.99. The molecule has 1 aliphatic carbocycles. The molecule has 0 saturated heterocycles. The normalized spacial score (nSPS) is 20.2. The number of anilines is 1. The minimum Gasteiger partial charge on any atom is -0.326 e. The Hall–Kier alpha value is -2.27. The van der Waals surface area contributed by atoms with Crippen LogP contribution in [0.15, 0.2) is 42.5 Å². The minimum absolute atomic E-state index is 0.0140. The van der Waals surface area contributed by atoms with Crippen molar-refractivity contribution in [1.29, 1.82) is 0 Å². The Balaban J connectivity index is 1.79. The molecule has 1 aromatic carbocycles. The van der Waals surface area contributed by atoms with E-state index >= 15 is 0 Å². The lowest BCUT2D eigenvalue weighted by Gasteiger charge is -2.29. The number of hydrogen-bond acceptors (Lipinski definition) is 3. The second-order valence-corrected chi connectivity index (χ2v) is 8.25. The van der Waals surface area contributed by atoms with E-state index in [2.05, 4.69) is 37.9 Å². The molecule has 1 saturated carbocycles. The number of carbonyl (C=O) groups excluding carboxylic acids is 1. The van der Waals surface area contributed by atoms with Gasteiger partial charge in [-0.05, 0) is 48.6 Å². The van der Waals surface area contributed by atoms with Gasteiger partial charge in [0, 0.05) is 35.8 Å². The quantitative estimate of drug-likeness (QED) is 0.625. The summed E-state index contributed by atoms with van der Waals surface area (Å²) in [6.07, 6.45) is 3.79. The number of nitrogens with zero attached hydrogens (tertiary/aromatic N) is 2. The van der Waals surface area contributed by atoms with Crippen LogP contribution in [-0.4, -0.2) is 23.5 Å². The Bertz CT molecular complexity index is 823. The van der Waals surface area contributed by atoms with Crippen molar-refractivity contribution in [2.45, 2.75) is 58.4 Å². The molecular weight excluding hydrogens is 365 g/mol. The maximum atomic E-state index is 13.5. The highest BCUT2D eigenvalue weighted by Crippen LogP contribution is 2.48. The number of halogens is 1. The number of rotatable bonds is 9. The van der Waals surface area contributed by atoms with Crippen LogP contribution in [0.3, 0.4) is 0 Å². The first-order valence-corrected chi connectivity index (χ1v) is 10.7. The maximum Gasteiger partial charge on any atom is 0.230 e. The summed E-state index contributed by atoms with van der Waals surface area (Å²) in [7, 11) is 0. The SMILES string of the molecule is CCCc1ccc(N(C[C@@H](N)[C@@H](C)CC)C(=O)[C@@H]2C[C@H]2c2cccc(F)n2)cc1. The van der Waals surface area contributed by atoms with E-state index in [9.17, 15) is 9.18 Å². The van der Waals surface area contributed by atoms with Gasteiger partial charge < -0.3 is 10.6 Å². The molecule has 0 unspecified atom stereocenters. The van der Waals surface area contributed by atoms with Gasteiger partial charge in [-0.2, -0.15) is 4.39 Å². The van der Waals surface area contributed by atoms with E-state index in [0.29, 0.717) is 24.6 Å². The molecule has 3 rings (SSSR count). The lowest BCUT2D eigenvalue weighted by molar-refractivity contribution is -0.120. The van der Waals surface area contributed by atoms with E-state index in [1.165, 1.54) is 11.6 Å². The third-order valence-electron chi connectivity index (χ3n) is 6.05. The predicted molar refractivity (Wildman–Crippen MR) is 115 cm³/mol. The van der Waals surface area contributed by atoms with Crippen LogP contribution in [-0.2, 0) is 11.2 Å². The van der Waals surface area contributed by atoms with Crippen molar-refractivity contribution < 1.29 is 9.18 Å². The summed E-state index contributed by atoms with van der Waals surface area (Å²) in [6, 6.07) is 12.9. The first kappa shape index (κ1) is 21.4. The van der Waals surface area contributed by atoms with Crippen molar-refractivity contribution in [3.05, 3.63) is 59.7 Å². The Morgan fingerprint density at radius 1 is 1.24 bits per heavy atom. The van der Waals surface area contributed by atoms with Crippen LogP contribution in [0.1, 0.15) is 57.2 Å². The molecule has 0 bridgehead atoms. The summed E-state index contributed by atoms with van der Waals surface area (Å²) < 4.78 is 13.5. The van der Waals surface area contributed by atoms with Gasteiger partial charge in [0.1, 0.15) is 0 Å². The molecule has 4 atom stereocenters. The first-order valence-electron chi connectivity index (χ1n) is 10.7. The monoisotopic (exact) mass is 397 g/mol. The number of aromatic nitrogens is 1. The summed E-state index contributed by atoms with van der Waals surface area (Å²) in [5.41, 5.74) is 9.22. The molecule has 156 valence electrons. The Morgan fingerprint density at radius 2 is 1.97 bits per heavy atom. The fourth-order valence-corrected chi connectivity index (χ4v) is 3.77. The molecule has 0 radical (unpaired) electrons. The Morgan fingerprint density at radius 3 is 2.59 bits per heavy atom. The molecule has 1 heterocycles. The second kappa shape index (κ2) is 9.49. The van der Waals surface area contributed by atoms with Gasteiger partial charge in [-0.25, -0.2) is 4.98 Å². The molecule has 1 aromatic heterocycles. The molecule has 2 N–H and O–H groups in total. The molecule has 5 heteroatoms. The van der Waals surface area contributed by atoms with Crippen LogP contribution in [0.5, 0.6) is 0 Å². The first-order chi connectivity index (χ1) is 13.9. The van der Waals surface area contributed by atoms with Gasteiger partial charge in [0.15, 0.2) is 0 Å². The van der Waals surface area contributed by atoms with E-state index in [1.54, 1.807) is 12.1 Å².